The SMILES string of the molecule is CCNC(=NCc1cn(C)nc1C(F)(F)F)NC1CCc2nc(C(C)C)nn2C1. The van der Waals surface area contributed by atoms with Gasteiger partial charge in [0.15, 0.2) is 17.5 Å². The van der Waals surface area contributed by atoms with E-state index >= 15 is 0 Å². The van der Waals surface area contributed by atoms with Crippen LogP contribution in [0.15, 0.2) is 11.2 Å². The van der Waals surface area contributed by atoms with Gasteiger partial charge in [-0.1, -0.05) is 13.8 Å². The number of aromatic nitrogens is 5. The monoisotopic (exact) mass is 412 g/mol. The summed E-state index contributed by atoms with van der Waals surface area (Å²) in [5.41, 5.74) is -0.855. The maximum Gasteiger partial charge on any atom is 0.435 e. The number of fused-ring (bicyclic) bond motifs is 1. The van der Waals surface area contributed by atoms with Crippen LogP contribution >= 0.6 is 0 Å². The lowest BCUT2D eigenvalue weighted by Crippen LogP contribution is -2.47. The highest BCUT2D eigenvalue weighted by molar-refractivity contribution is 5.80. The minimum absolute atomic E-state index is 0.0426. The molecule has 0 amide bonds. The lowest BCUT2D eigenvalue weighted by Gasteiger charge is -2.25. The van der Waals surface area contributed by atoms with Gasteiger partial charge in [0.05, 0.1) is 13.1 Å². The molecular weight excluding hydrogens is 385 g/mol. The van der Waals surface area contributed by atoms with Crippen molar-refractivity contribution in [1.82, 2.24) is 35.2 Å². The standard InChI is InChI=1S/C18H27F3N8/c1-5-22-17(23-8-12-9-28(4)26-15(12)18(19,20)21)24-13-6-7-14-25-16(11(2)3)27-29(14)10-13/h9,11,13H,5-8,10H2,1-4H3,(H2,22,23,24). The second-order valence-corrected chi connectivity index (χ2v) is 7.47. The zero-order chi connectivity index (χ0) is 21.2. The number of halogens is 3. The van der Waals surface area contributed by atoms with Crippen molar-refractivity contribution in [3.05, 3.63) is 29.1 Å². The fraction of sp³-hybridized carbons (Fsp3) is 0.667. The highest BCUT2D eigenvalue weighted by Gasteiger charge is 2.36. The summed E-state index contributed by atoms with van der Waals surface area (Å²) in [4.78, 5) is 8.92. The molecule has 2 N–H and O–H groups in total. The smallest absolute Gasteiger partial charge is 0.357 e. The Bertz CT molecular complexity index is 865. The van der Waals surface area contributed by atoms with Crippen molar-refractivity contribution in [2.24, 2.45) is 12.0 Å². The van der Waals surface area contributed by atoms with E-state index in [0.717, 1.165) is 29.2 Å². The van der Waals surface area contributed by atoms with E-state index in [2.05, 4.69) is 44.7 Å². The molecule has 160 valence electrons. The van der Waals surface area contributed by atoms with Gasteiger partial charge in [0.1, 0.15) is 5.82 Å². The number of rotatable bonds is 5. The summed E-state index contributed by atoms with van der Waals surface area (Å²) in [5.74, 6) is 2.54. The first-order valence-electron chi connectivity index (χ1n) is 9.75. The minimum atomic E-state index is -4.50. The van der Waals surface area contributed by atoms with Gasteiger partial charge in [0.2, 0.25) is 0 Å². The number of nitrogens with zero attached hydrogens (tertiary/aromatic N) is 6. The summed E-state index contributed by atoms with van der Waals surface area (Å²) in [6, 6.07) is 0.0676. The van der Waals surface area contributed by atoms with E-state index < -0.39 is 11.9 Å². The first-order chi connectivity index (χ1) is 13.7. The van der Waals surface area contributed by atoms with Crippen LogP contribution in [0.5, 0.6) is 0 Å². The Morgan fingerprint density at radius 2 is 2.10 bits per heavy atom. The average molecular weight is 412 g/mol. The summed E-state index contributed by atoms with van der Waals surface area (Å²) < 4.78 is 42.5. The van der Waals surface area contributed by atoms with E-state index in [4.69, 9.17) is 0 Å². The van der Waals surface area contributed by atoms with Crippen LogP contribution in [0.3, 0.4) is 0 Å². The fourth-order valence-corrected chi connectivity index (χ4v) is 3.26. The van der Waals surface area contributed by atoms with E-state index in [1.807, 2.05) is 11.6 Å². The molecule has 1 aliphatic rings. The van der Waals surface area contributed by atoms with Gasteiger partial charge >= 0.3 is 6.18 Å². The Kier molecular flexibility index (Phi) is 6.13. The molecule has 3 rings (SSSR count). The van der Waals surface area contributed by atoms with Crippen LogP contribution in [0.1, 0.15) is 56.0 Å². The van der Waals surface area contributed by atoms with Crippen molar-refractivity contribution >= 4 is 5.96 Å². The molecule has 8 nitrogen and oxygen atoms in total. The molecule has 29 heavy (non-hydrogen) atoms. The van der Waals surface area contributed by atoms with Crippen LogP contribution < -0.4 is 10.6 Å². The first-order valence-corrected chi connectivity index (χ1v) is 9.75. The molecule has 0 aromatic carbocycles. The molecule has 0 radical (unpaired) electrons. The van der Waals surface area contributed by atoms with Gasteiger partial charge in [-0.25, -0.2) is 14.7 Å². The normalized spacial score (nSPS) is 17.5. The van der Waals surface area contributed by atoms with Gasteiger partial charge in [-0.15, -0.1) is 0 Å². The molecule has 1 unspecified atom stereocenters. The average Bonchev–Trinajstić information content (AvgIpc) is 3.22. The van der Waals surface area contributed by atoms with Gasteiger partial charge in [0, 0.05) is 43.7 Å². The summed E-state index contributed by atoms with van der Waals surface area (Å²) in [7, 11) is 1.47. The molecule has 3 heterocycles. The number of hydrogen-bond donors (Lipinski definition) is 2. The van der Waals surface area contributed by atoms with E-state index in [1.165, 1.54) is 13.2 Å². The maximum atomic E-state index is 13.1. The van der Waals surface area contributed by atoms with Crippen LogP contribution in [0, 0.1) is 0 Å². The molecule has 2 aromatic heterocycles. The van der Waals surface area contributed by atoms with Crippen molar-refractivity contribution in [3.8, 4) is 0 Å². The second-order valence-electron chi connectivity index (χ2n) is 7.47. The summed E-state index contributed by atoms with van der Waals surface area (Å²) in [6.45, 7) is 7.15. The maximum absolute atomic E-state index is 13.1. The molecule has 1 aliphatic heterocycles. The molecule has 0 spiro atoms. The largest absolute Gasteiger partial charge is 0.435 e. The van der Waals surface area contributed by atoms with Gasteiger partial charge in [-0.2, -0.15) is 23.4 Å². The first kappa shape index (κ1) is 21.1. The molecule has 0 saturated carbocycles. The van der Waals surface area contributed by atoms with Gasteiger partial charge in [-0.05, 0) is 13.3 Å². The van der Waals surface area contributed by atoms with Crippen LogP contribution in [0.4, 0.5) is 13.2 Å². The van der Waals surface area contributed by atoms with Gasteiger partial charge in [-0.3, -0.25) is 4.68 Å². The molecule has 0 fully saturated rings. The Labute approximate surface area is 167 Å². The summed E-state index contributed by atoms with van der Waals surface area (Å²) in [6.07, 6.45) is -1.51. The third-order valence-electron chi connectivity index (χ3n) is 4.66. The van der Waals surface area contributed by atoms with E-state index in [0.29, 0.717) is 19.0 Å². The molecule has 1 atom stereocenters. The van der Waals surface area contributed by atoms with Crippen LogP contribution in [0.25, 0.3) is 0 Å². The molecule has 0 bridgehead atoms. The van der Waals surface area contributed by atoms with Crippen molar-refractivity contribution < 1.29 is 13.2 Å². The van der Waals surface area contributed by atoms with E-state index in [9.17, 15) is 13.2 Å². The Morgan fingerprint density at radius 3 is 2.76 bits per heavy atom. The van der Waals surface area contributed by atoms with Gasteiger partial charge in [0.25, 0.3) is 0 Å². The Morgan fingerprint density at radius 1 is 1.34 bits per heavy atom. The number of aliphatic imine (C=N–C) groups is 1. The van der Waals surface area contributed by atoms with Crippen LogP contribution in [-0.4, -0.2) is 43.1 Å². The highest BCUT2D eigenvalue weighted by Crippen LogP contribution is 2.30. The number of guanidine groups is 1. The summed E-state index contributed by atoms with van der Waals surface area (Å²) >= 11 is 0. The number of hydrogen-bond acceptors (Lipinski definition) is 4. The Hall–Kier alpha value is -2.59. The lowest BCUT2D eigenvalue weighted by molar-refractivity contribution is -0.142. The predicted octanol–water partition coefficient (Wildman–Crippen LogP) is 2.22. The number of nitrogens with one attached hydrogen (secondary N) is 2. The van der Waals surface area contributed by atoms with E-state index in [1.54, 1.807) is 0 Å². The number of alkyl halides is 3. The number of aryl methyl sites for hydroxylation is 2. The molecular formula is C18H27F3N8. The second kappa shape index (κ2) is 8.42. The highest BCUT2D eigenvalue weighted by atomic mass is 19.4. The molecule has 11 heteroatoms. The quantitative estimate of drug-likeness (QED) is 0.581. The third-order valence-corrected chi connectivity index (χ3v) is 4.66. The van der Waals surface area contributed by atoms with Gasteiger partial charge < -0.3 is 10.6 Å². The fourth-order valence-electron chi connectivity index (χ4n) is 3.26. The van der Waals surface area contributed by atoms with Crippen molar-refractivity contribution in [2.75, 3.05) is 6.54 Å². The zero-order valence-electron chi connectivity index (χ0n) is 17.1. The molecule has 0 aliphatic carbocycles. The lowest BCUT2D eigenvalue weighted by atomic mass is 10.1. The minimum Gasteiger partial charge on any atom is -0.357 e. The molecule has 0 saturated heterocycles. The third kappa shape index (κ3) is 5.07. The Balaban J connectivity index is 1.71. The van der Waals surface area contributed by atoms with Crippen molar-refractivity contribution in [3.63, 3.8) is 0 Å². The topological polar surface area (TPSA) is 84.9 Å². The van der Waals surface area contributed by atoms with Crippen LogP contribution in [0.2, 0.25) is 0 Å². The summed E-state index contributed by atoms with van der Waals surface area (Å²) in [5, 5.41) is 14.5. The predicted molar refractivity (Wildman–Crippen MR) is 102 cm³/mol. The van der Waals surface area contributed by atoms with Crippen molar-refractivity contribution in [2.45, 2.75) is 64.8 Å². The van der Waals surface area contributed by atoms with E-state index in [-0.39, 0.29) is 24.1 Å². The molecule has 2 aromatic rings. The zero-order valence-corrected chi connectivity index (χ0v) is 17.1. The van der Waals surface area contributed by atoms with Crippen molar-refractivity contribution in [1.29, 1.82) is 0 Å². The van der Waals surface area contributed by atoms with Crippen LogP contribution in [-0.2, 0) is 32.7 Å².